The van der Waals surface area contributed by atoms with E-state index in [0.717, 1.165) is 30.5 Å². The Morgan fingerprint density at radius 2 is 1.76 bits per heavy atom. The zero-order valence-electron chi connectivity index (χ0n) is 21.1. The van der Waals surface area contributed by atoms with Gasteiger partial charge in [-0.05, 0) is 42.2 Å². The molecule has 3 aromatic carbocycles. The fraction of sp³-hybridized carbons (Fsp3) is 0.310. The lowest BCUT2D eigenvalue weighted by Gasteiger charge is -2.36. The highest BCUT2D eigenvalue weighted by atomic mass is 19.2. The molecule has 0 spiro atoms. The van der Waals surface area contributed by atoms with Crippen LogP contribution in [0.1, 0.15) is 18.4 Å². The maximum atomic E-state index is 13.8. The first-order valence-electron chi connectivity index (χ1n) is 12.4. The number of piperidine rings is 1. The van der Waals surface area contributed by atoms with Crippen molar-refractivity contribution in [1.82, 2.24) is 9.80 Å². The summed E-state index contributed by atoms with van der Waals surface area (Å²) < 4.78 is 38.5. The molecule has 0 aliphatic carbocycles. The van der Waals surface area contributed by atoms with E-state index in [9.17, 15) is 23.5 Å². The number of carboxylic acid groups (broad SMARTS) is 1. The number of urea groups is 1. The molecule has 1 saturated heterocycles. The molecule has 4 rings (SSSR count). The molecule has 2 amide bonds. The van der Waals surface area contributed by atoms with Crippen LogP contribution in [0.15, 0.2) is 66.7 Å². The smallest absolute Gasteiger partial charge is 0.323 e. The van der Waals surface area contributed by atoms with Gasteiger partial charge in [0.15, 0.2) is 11.6 Å². The minimum Gasteiger partial charge on any atom is -0.496 e. The molecule has 1 heterocycles. The number of methoxy groups -OCH3 is 1. The maximum absolute atomic E-state index is 13.8. The van der Waals surface area contributed by atoms with E-state index in [0.29, 0.717) is 36.6 Å². The quantitative estimate of drug-likeness (QED) is 0.403. The summed E-state index contributed by atoms with van der Waals surface area (Å²) in [5.74, 6) is -2.07. The van der Waals surface area contributed by atoms with Gasteiger partial charge in [0.25, 0.3) is 0 Å². The summed E-state index contributed by atoms with van der Waals surface area (Å²) in [5.41, 5.74) is 1.95. The lowest BCUT2D eigenvalue weighted by atomic mass is 9.99. The molecule has 1 aliphatic heterocycles. The van der Waals surface area contributed by atoms with Gasteiger partial charge < -0.3 is 24.4 Å². The summed E-state index contributed by atoms with van der Waals surface area (Å²) in [6.07, 6.45) is 1.67. The van der Waals surface area contributed by atoms with E-state index in [1.54, 1.807) is 29.2 Å². The maximum Gasteiger partial charge on any atom is 0.323 e. The van der Waals surface area contributed by atoms with Crippen LogP contribution in [0.3, 0.4) is 0 Å². The van der Waals surface area contributed by atoms with E-state index in [-0.39, 0.29) is 30.8 Å². The van der Waals surface area contributed by atoms with Crippen molar-refractivity contribution in [3.05, 3.63) is 83.9 Å². The molecule has 1 atom stereocenters. The monoisotopic (exact) mass is 524 g/mol. The topological polar surface area (TPSA) is 79.3 Å². The molecule has 0 saturated carbocycles. The van der Waals surface area contributed by atoms with Crippen molar-refractivity contribution in [2.24, 2.45) is 5.92 Å². The van der Waals surface area contributed by atoms with Crippen LogP contribution in [0.5, 0.6) is 11.5 Å². The number of halogens is 2. The van der Waals surface area contributed by atoms with Gasteiger partial charge in [0, 0.05) is 37.2 Å². The molecular formula is C29H30F2N2O5. The van der Waals surface area contributed by atoms with Gasteiger partial charge in [-0.2, -0.15) is 0 Å². The second-order valence-corrected chi connectivity index (χ2v) is 9.27. The zero-order valence-corrected chi connectivity index (χ0v) is 21.1. The number of carbonyl (C=O) groups excluding carboxylic acids is 1. The Morgan fingerprint density at radius 3 is 2.45 bits per heavy atom. The summed E-state index contributed by atoms with van der Waals surface area (Å²) in [7, 11) is 1.40. The van der Waals surface area contributed by atoms with Gasteiger partial charge in [0.1, 0.15) is 18.0 Å². The van der Waals surface area contributed by atoms with Gasteiger partial charge in [0.2, 0.25) is 0 Å². The van der Waals surface area contributed by atoms with Crippen molar-refractivity contribution in [3.8, 4) is 22.6 Å². The second-order valence-electron chi connectivity index (χ2n) is 9.27. The highest BCUT2D eigenvalue weighted by Crippen LogP contribution is 2.33. The van der Waals surface area contributed by atoms with Crippen molar-refractivity contribution in [2.45, 2.75) is 19.4 Å². The lowest BCUT2D eigenvalue weighted by Crippen LogP contribution is -2.49. The number of hydrogen-bond donors (Lipinski definition) is 1. The first-order chi connectivity index (χ1) is 18.3. The molecular weight excluding hydrogens is 494 g/mol. The largest absolute Gasteiger partial charge is 0.496 e. The van der Waals surface area contributed by atoms with Crippen molar-refractivity contribution in [3.63, 3.8) is 0 Å². The zero-order chi connectivity index (χ0) is 27.1. The minimum absolute atomic E-state index is 0.0852. The molecule has 1 aliphatic rings. The molecule has 0 aromatic heterocycles. The van der Waals surface area contributed by atoms with Crippen molar-refractivity contribution < 1.29 is 33.0 Å². The highest BCUT2D eigenvalue weighted by molar-refractivity contribution is 5.80. The molecule has 0 radical (unpaired) electrons. The normalized spacial score (nSPS) is 15.1. The van der Waals surface area contributed by atoms with Crippen LogP contribution in [0.4, 0.5) is 13.6 Å². The number of ether oxygens (including phenoxy) is 2. The van der Waals surface area contributed by atoms with E-state index >= 15 is 0 Å². The van der Waals surface area contributed by atoms with Crippen molar-refractivity contribution in [1.29, 1.82) is 0 Å². The Morgan fingerprint density at radius 1 is 1.05 bits per heavy atom. The Bertz CT molecular complexity index is 1250. The Hall–Kier alpha value is -4.14. The number of rotatable bonds is 9. The number of carboxylic acids is 1. The third kappa shape index (κ3) is 6.79. The average molecular weight is 525 g/mol. The fourth-order valence-electron chi connectivity index (χ4n) is 4.60. The van der Waals surface area contributed by atoms with Crippen molar-refractivity contribution in [2.75, 3.05) is 33.4 Å². The second kappa shape index (κ2) is 12.4. The summed E-state index contributed by atoms with van der Waals surface area (Å²) in [6.45, 7) is 1.26. The Balaban J connectivity index is 1.36. The van der Waals surface area contributed by atoms with E-state index < -0.39 is 17.6 Å². The van der Waals surface area contributed by atoms with E-state index in [4.69, 9.17) is 9.47 Å². The third-order valence-corrected chi connectivity index (χ3v) is 6.50. The SMILES string of the molecule is COc1cc(F)c(F)cc1-c1ccc(OC[C@H]2CCCN(C(=O)N(CC(=O)O)Cc3ccccc3)C2)cc1. The third-order valence-electron chi connectivity index (χ3n) is 6.50. The summed E-state index contributed by atoms with van der Waals surface area (Å²) in [5, 5.41) is 9.34. The molecule has 9 heteroatoms. The van der Waals surface area contributed by atoms with Gasteiger partial charge in [-0.15, -0.1) is 0 Å². The summed E-state index contributed by atoms with van der Waals surface area (Å²) >= 11 is 0. The van der Waals surface area contributed by atoms with Crippen LogP contribution in [-0.4, -0.2) is 60.3 Å². The molecule has 1 fully saturated rings. The van der Waals surface area contributed by atoms with Crippen LogP contribution in [0, 0.1) is 17.6 Å². The molecule has 200 valence electrons. The first kappa shape index (κ1) is 26.9. The standard InChI is InChI=1S/C29H30F2N2O5/c1-37-27-15-26(31)25(30)14-24(27)22-9-11-23(12-10-22)38-19-21-8-5-13-32(17-21)29(36)33(18-28(34)35)16-20-6-3-2-4-7-20/h2-4,6-7,9-12,14-15,21H,5,8,13,16-19H2,1H3,(H,34,35)/t21-/m0/s1. The van der Waals surface area contributed by atoms with Gasteiger partial charge >= 0.3 is 12.0 Å². The molecule has 38 heavy (non-hydrogen) atoms. The Kier molecular flexibility index (Phi) is 8.78. The van der Waals surface area contributed by atoms with Crippen LogP contribution in [0.25, 0.3) is 11.1 Å². The van der Waals surface area contributed by atoms with Gasteiger partial charge in [-0.3, -0.25) is 4.79 Å². The summed E-state index contributed by atoms with van der Waals surface area (Å²) in [4.78, 5) is 27.7. The number of benzene rings is 3. The number of amides is 2. The molecule has 3 aromatic rings. The lowest BCUT2D eigenvalue weighted by molar-refractivity contribution is -0.137. The minimum atomic E-state index is -1.06. The van der Waals surface area contributed by atoms with Gasteiger partial charge in [-0.1, -0.05) is 42.5 Å². The number of nitrogens with zero attached hydrogens (tertiary/aromatic N) is 2. The molecule has 7 nitrogen and oxygen atoms in total. The fourth-order valence-corrected chi connectivity index (χ4v) is 4.60. The average Bonchev–Trinajstić information content (AvgIpc) is 2.93. The van der Waals surface area contributed by atoms with Crippen LogP contribution in [0.2, 0.25) is 0 Å². The number of aliphatic carboxylic acids is 1. The number of hydrogen-bond acceptors (Lipinski definition) is 4. The molecule has 0 unspecified atom stereocenters. The van der Waals surface area contributed by atoms with E-state index in [1.807, 2.05) is 30.3 Å². The highest BCUT2D eigenvalue weighted by Gasteiger charge is 2.28. The van der Waals surface area contributed by atoms with Gasteiger partial charge in [0.05, 0.1) is 13.7 Å². The number of carbonyl (C=O) groups is 2. The molecule has 1 N–H and O–H groups in total. The summed E-state index contributed by atoms with van der Waals surface area (Å²) in [6, 6.07) is 18.1. The van der Waals surface area contributed by atoms with Crippen LogP contribution < -0.4 is 9.47 Å². The predicted octanol–water partition coefficient (Wildman–Crippen LogP) is 5.44. The van der Waals surface area contributed by atoms with Crippen molar-refractivity contribution >= 4 is 12.0 Å². The van der Waals surface area contributed by atoms with E-state index in [2.05, 4.69) is 0 Å². The van der Waals surface area contributed by atoms with Gasteiger partial charge in [-0.25, -0.2) is 13.6 Å². The van der Waals surface area contributed by atoms with Crippen LogP contribution in [-0.2, 0) is 11.3 Å². The number of likely N-dealkylation sites (tertiary alicyclic amines) is 1. The molecule has 0 bridgehead atoms. The first-order valence-corrected chi connectivity index (χ1v) is 12.4. The van der Waals surface area contributed by atoms with Crippen LogP contribution >= 0.6 is 0 Å². The Labute approximate surface area is 220 Å². The van der Waals surface area contributed by atoms with E-state index in [1.165, 1.54) is 12.0 Å². The predicted molar refractivity (Wildman–Crippen MR) is 138 cm³/mol.